The van der Waals surface area contributed by atoms with Crippen LogP contribution < -0.4 is 10.1 Å². The summed E-state index contributed by atoms with van der Waals surface area (Å²) < 4.78 is 24.9. The van der Waals surface area contributed by atoms with Gasteiger partial charge in [0, 0.05) is 25.5 Å². The maximum absolute atomic E-state index is 13.2. The Morgan fingerprint density at radius 1 is 1.14 bits per heavy atom. The molecule has 36 heavy (non-hydrogen) atoms. The summed E-state index contributed by atoms with van der Waals surface area (Å²) >= 11 is 1.30. The first kappa shape index (κ1) is 24.2. The van der Waals surface area contributed by atoms with Gasteiger partial charge in [-0.3, -0.25) is 4.79 Å². The number of piperidine rings is 1. The zero-order chi connectivity index (χ0) is 25.1. The Kier molecular flexibility index (Phi) is 6.91. The molecule has 0 radical (unpaired) electrons. The smallest absolute Gasteiger partial charge is 0.410 e. The van der Waals surface area contributed by atoms with E-state index in [1.54, 1.807) is 29.5 Å². The van der Waals surface area contributed by atoms with Gasteiger partial charge in [0.1, 0.15) is 28.9 Å². The van der Waals surface area contributed by atoms with Crippen molar-refractivity contribution < 1.29 is 23.5 Å². The van der Waals surface area contributed by atoms with E-state index < -0.39 is 0 Å². The van der Waals surface area contributed by atoms with Gasteiger partial charge in [0.25, 0.3) is 5.91 Å². The number of hydrogen-bond acceptors (Lipinski definition) is 6. The molecule has 2 amide bonds. The van der Waals surface area contributed by atoms with Crippen molar-refractivity contribution in [2.45, 2.75) is 38.4 Å². The molecule has 2 heterocycles. The Morgan fingerprint density at radius 2 is 1.89 bits per heavy atom. The van der Waals surface area contributed by atoms with Crippen LogP contribution in [0.4, 0.5) is 9.18 Å². The maximum Gasteiger partial charge on any atom is 0.410 e. The van der Waals surface area contributed by atoms with E-state index in [2.05, 4.69) is 10.3 Å². The molecule has 0 atom stereocenters. The first-order valence-electron chi connectivity index (χ1n) is 12.0. The summed E-state index contributed by atoms with van der Waals surface area (Å²) in [7, 11) is 1.55. The standard InChI is InChI=1S/C27H28FN3O4S/c1-29-25(32)23-17-36-24(30-23)16-34-26(33)31-11-9-27(10-12-31)14-22(15-27)35-21-4-2-3-19(13-21)18-5-7-20(28)8-6-18/h2-8,13,17,22H,9-12,14-16H2,1H3,(H,29,32). The van der Waals surface area contributed by atoms with Crippen LogP contribution in [0.3, 0.4) is 0 Å². The molecular formula is C27H28FN3O4S. The van der Waals surface area contributed by atoms with Crippen LogP contribution in [-0.2, 0) is 11.3 Å². The van der Waals surface area contributed by atoms with Gasteiger partial charge in [0.05, 0.1) is 6.10 Å². The maximum atomic E-state index is 13.2. The number of likely N-dealkylation sites (tertiary alicyclic amines) is 1. The van der Waals surface area contributed by atoms with E-state index >= 15 is 0 Å². The van der Waals surface area contributed by atoms with Gasteiger partial charge in [-0.2, -0.15) is 0 Å². The third kappa shape index (κ3) is 5.36. The van der Waals surface area contributed by atoms with E-state index in [9.17, 15) is 14.0 Å². The summed E-state index contributed by atoms with van der Waals surface area (Å²) in [5.74, 6) is 0.314. The Labute approximate surface area is 213 Å². The van der Waals surface area contributed by atoms with Crippen molar-refractivity contribution >= 4 is 23.3 Å². The molecule has 9 heteroatoms. The SMILES string of the molecule is CNC(=O)c1csc(COC(=O)N2CCC3(CC2)CC(Oc2cccc(-c4ccc(F)cc4)c2)C3)n1. The third-order valence-corrected chi connectivity index (χ3v) is 7.87. The number of nitrogens with one attached hydrogen (secondary N) is 1. The molecule has 188 valence electrons. The van der Waals surface area contributed by atoms with Gasteiger partial charge in [-0.15, -0.1) is 11.3 Å². The van der Waals surface area contributed by atoms with Crippen molar-refractivity contribution in [1.82, 2.24) is 15.2 Å². The first-order chi connectivity index (χ1) is 17.4. The van der Waals surface area contributed by atoms with E-state index in [1.807, 2.05) is 24.3 Å². The molecule has 2 aliphatic rings. The normalized spacial score (nSPS) is 16.9. The highest BCUT2D eigenvalue weighted by Crippen LogP contribution is 2.50. The van der Waals surface area contributed by atoms with Crippen molar-refractivity contribution in [3.63, 3.8) is 0 Å². The second-order valence-corrected chi connectivity index (χ2v) is 10.4. The lowest BCUT2D eigenvalue weighted by atomic mass is 9.61. The quantitative estimate of drug-likeness (QED) is 0.490. The average Bonchev–Trinajstić information content (AvgIpc) is 3.36. The molecule has 1 aliphatic carbocycles. The molecule has 1 saturated heterocycles. The van der Waals surface area contributed by atoms with E-state index in [4.69, 9.17) is 9.47 Å². The zero-order valence-electron chi connectivity index (χ0n) is 20.0. The Balaban J connectivity index is 1.07. The van der Waals surface area contributed by atoms with Crippen LogP contribution in [0.2, 0.25) is 0 Å². The minimum Gasteiger partial charge on any atom is -0.490 e. The fourth-order valence-electron chi connectivity index (χ4n) is 4.97. The summed E-state index contributed by atoms with van der Waals surface area (Å²) in [5.41, 5.74) is 2.49. The Hall–Kier alpha value is -3.46. The van der Waals surface area contributed by atoms with Crippen LogP contribution in [0.15, 0.2) is 53.9 Å². The zero-order valence-corrected chi connectivity index (χ0v) is 20.9. The topological polar surface area (TPSA) is 80.8 Å². The van der Waals surface area contributed by atoms with Crippen LogP contribution >= 0.6 is 11.3 Å². The predicted molar refractivity (Wildman–Crippen MR) is 134 cm³/mol. The fourth-order valence-corrected chi connectivity index (χ4v) is 5.65. The van der Waals surface area contributed by atoms with Gasteiger partial charge < -0.3 is 19.7 Å². The van der Waals surface area contributed by atoms with Crippen LogP contribution in [0.25, 0.3) is 11.1 Å². The number of thiazole rings is 1. The van der Waals surface area contributed by atoms with Crippen LogP contribution in [-0.4, -0.2) is 48.1 Å². The summed E-state index contributed by atoms with van der Waals surface area (Å²) in [4.78, 5) is 30.1. The van der Waals surface area contributed by atoms with Crippen LogP contribution in [0, 0.1) is 11.2 Å². The molecule has 0 bridgehead atoms. The van der Waals surface area contributed by atoms with E-state index in [1.165, 1.54) is 23.5 Å². The Morgan fingerprint density at radius 3 is 2.61 bits per heavy atom. The molecule has 1 N–H and O–H groups in total. The van der Waals surface area contributed by atoms with Crippen molar-refractivity contribution in [3.8, 4) is 16.9 Å². The van der Waals surface area contributed by atoms with Crippen LogP contribution in [0.1, 0.15) is 41.2 Å². The summed E-state index contributed by atoms with van der Waals surface area (Å²) in [6.45, 7) is 1.38. The molecule has 2 fully saturated rings. The lowest BCUT2D eigenvalue weighted by molar-refractivity contribution is -0.0536. The number of aromatic nitrogens is 1. The van der Waals surface area contributed by atoms with E-state index in [-0.39, 0.29) is 35.9 Å². The van der Waals surface area contributed by atoms with E-state index in [0.717, 1.165) is 42.6 Å². The highest BCUT2D eigenvalue weighted by Gasteiger charge is 2.47. The van der Waals surface area contributed by atoms with Gasteiger partial charge >= 0.3 is 6.09 Å². The lowest BCUT2D eigenvalue weighted by Gasteiger charge is -2.51. The van der Waals surface area contributed by atoms with Crippen molar-refractivity contribution in [3.05, 3.63) is 70.4 Å². The van der Waals surface area contributed by atoms with Gasteiger partial charge in [-0.1, -0.05) is 24.3 Å². The minimum atomic E-state index is -0.341. The molecule has 1 aromatic heterocycles. The monoisotopic (exact) mass is 509 g/mol. The number of amides is 2. The summed E-state index contributed by atoms with van der Waals surface area (Å²) in [6, 6.07) is 14.4. The van der Waals surface area contributed by atoms with Crippen molar-refractivity contribution in [2.75, 3.05) is 20.1 Å². The number of carbonyl (C=O) groups excluding carboxylic acids is 2. The number of halogens is 1. The average molecular weight is 510 g/mol. The summed E-state index contributed by atoms with van der Waals surface area (Å²) in [5, 5.41) is 4.77. The molecule has 2 aromatic carbocycles. The van der Waals surface area contributed by atoms with Gasteiger partial charge in [0.15, 0.2) is 0 Å². The number of benzene rings is 2. The predicted octanol–water partition coefficient (Wildman–Crippen LogP) is 5.27. The number of carbonyl (C=O) groups is 2. The molecular weight excluding hydrogens is 481 g/mol. The third-order valence-electron chi connectivity index (χ3n) is 7.05. The second kappa shape index (κ2) is 10.3. The number of hydrogen-bond donors (Lipinski definition) is 1. The van der Waals surface area contributed by atoms with Crippen molar-refractivity contribution in [1.29, 1.82) is 0 Å². The number of rotatable bonds is 6. The van der Waals surface area contributed by atoms with Crippen molar-refractivity contribution in [2.24, 2.45) is 5.41 Å². The molecule has 3 aromatic rings. The number of nitrogens with zero attached hydrogens (tertiary/aromatic N) is 2. The molecule has 5 rings (SSSR count). The highest BCUT2D eigenvalue weighted by molar-refractivity contribution is 7.09. The fraction of sp³-hybridized carbons (Fsp3) is 0.370. The number of ether oxygens (including phenoxy) is 2. The second-order valence-electron chi connectivity index (χ2n) is 9.43. The molecule has 1 spiro atoms. The van der Waals surface area contributed by atoms with Gasteiger partial charge in [0.2, 0.25) is 0 Å². The highest BCUT2D eigenvalue weighted by atomic mass is 32.1. The molecule has 0 unspecified atom stereocenters. The van der Waals surface area contributed by atoms with Crippen LogP contribution in [0.5, 0.6) is 5.75 Å². The molecule has 7 nitrogen and oxygen atoms in total. The Bertz CT molecular complexity index is 1230. The van der Waals surface area contributed by atoms with Gasteiger partial charge in [-0.25, -0.2) is 14.2 Å². The summed E-state index contributed by atoms with van der Waals surface area (Å²) in [6.07, 6.45) is 3.61. The minimum absolute atomic E-state index is 0.0645. The van der Waals surface area contributed by atoms with E-state index in [0.29, 0.717) is 23.8 Å². The first-order valence-corrected chi connectivity index (χ1v) is 12.9. The van der Waals surface area contributed by atoms with Gasteiger partial charge in [-0.05, 0) is 66.5 Å². The largest absolute Gasteiger partial charge is 0.490 e. The molecule has 1 aliphatic heterocycles. The lowest BCUT2D eigenvalue weighted by Crippen LogP contribution is -2.52. The molecule has 1 saturated carbocycles.